The van der Waals surface area contributed by atoms with Crippen molar-refractivity contribution in [2.24, 2.45) is 0 Å². The zero-order chi connectivity index (χ0) is 24.8. The van der Waals surface area contributed by atoms with Crippen LogP contribution in [0.25, 0.3) is 22.3 Å². The minimum absolute atomic E-state index is 0.269. The van der Waals surface area contributed by atoms with Gasteiger partial charge in [0.25, 0.3) is 0 Å². The zero-order valence-corrected chi connectivity index (χ0v) is 20.9. The highest BCUT2D eigenvalue weighted by atomic mass is 19.1. The van der Waals surface area contributed by atoms with E-state index in [1.807, 2.05) is 37.4 Å². The number of nitrogens with zero attached hydrogens (tertiary/aromatic N) is 6. The van der Waals surface area contributed by atoms with Crippen LogP contribution in [0.2, 0.25) is 0 Å². The molecule has 0 spiro atoms. The maximum Gasteiger partial charge on any atom is 0.229 e. The number of anilines is 3. The van der Waals surface area contributed by atoms with E-state index in [2.05, 4.69) is 48.9 Å². The van der Waals surface area contributed by atoms with Crippen LogP contribution in [0, 0.1) is 12.7 Å². The quantitative estimate of drug-likeness (QED) is 0.420. The number of halogens is 1. The Morgan fingerprint density at radius 1 is 1.17 bits per heavy atom. The highest BCUT2D eigenvalue weighted by molar-refractivity contribution is 5.85. The van der Waals surface area contributed by atoms with Crippen LogP contribution in [0.1, 0.15) is 44.1 Å². The van der Waals surface area contributed by atoms with Gasteiger partial charge in [-0.3, -0.25) is 0 Å². The van der Waals surface area contributed by atoms with Gasteiger partial charge in [0.1, 0.15) is 17.3 Å². The summed E-state index contributed by atoms with van der Waals surface area (Å²) in [4.78, 5) is 20.4. The molecule has 2 aliphatic rings. The second kappa shape index (κ2) is 9.13. The summed E-state index contributed by atoms with van der Waals surface area (Å²) in [6.45, 7) is 9.27. The average molecular weight is 487 g/mol. The summed E-state index contributed by atoms with van der Waals surface area (Å²) < 4.78 is 17.3. The minimum atomic E-state index is -0.455. The van der Waals surface area contributed by atoms with E-state index < -0.39 is 5.82 Å². The molecule has 2 N–H and O–H groups in total. The molecule has 2 atom stereocenters. The molecule has 0 bridgehead atoms. The minimum Gasteiger partial charge on any atom is -0.367 e. The lowest BCUT2D eigenvalue weighted by molar-refractivity contribution is 0.484. The fraction of sp³-hybridized carbons (Fsp3) is 0.407. The Bertz CT molecular complexity index is 1410. The van der Waals surface area contributed by atoms with Crippen LogP contribution in [-0.4, -0.2) is 50.2 Å². The molecule has 186 valence electrons. The number of hydrogen-bond donors (Lipinski definition) is 2. The lowest BCUT2D eigenvalue weighted by atomic mass is 10.1. The Balaban J connectivity index is 1.29. The molecule has 2 aliphatic heterocycles. The number of piperazine rings is 1. The maximum atomic E-state index is 15.0. The van der Waals surface area contributed by atoms with Gasteiger partial charge < -0.3 is 20.1 Å². The normalized spacial score (nSPS) is 19.6. The number of hydrogen-bond acceptors (Lipinski definition) is 7. The van der Waals surface area contributed by atoms with E-state index >= 15 is 0 Å². The maximum absolute atomic E-state index is 15.0. The predicted molar refractivity (Wildman–Crippen MR) is 140 cm³/mol. The molecule has 6 rings (SSSR count). The Hall–Kier alpha value is -3.59. The summed E-state index contributed by atoms with van der Waals surface area (Å²) in [5.41, 5.74) is 5.14. The van der Waals surface area contributed by atoms with Gasteiger partial charge >= 0.3 is 0 Å². The molecule has 5 heterocycles. The van der Waals surface area contributed by atoms with Crippen molar-refractivity contribution >= 4 is 28.5 Å². The number of aryl methyl sites for hydroxylation is 2. The third kappa shape index (κ3) is 4.07. The smallest absolute Gasteiger partial charge is 0.229 e. The summed E-state index contributed by atoms with van der Waals surface area (Å²) in [5.74, 6) is 1.59. The van der Waals surface area contributed by atoms with Gasteiger partial charge in [-0.15, -0.1) is 0 Å². The Kier molecular flexibility index (Phi) is 5.79. The highest BCUT2D eigenvalue weighted by Gasteiger charge is 2.26. The first-order chi connectivity index (χ1) is 17.5. The van der Waals surface area contributed by atoms with Gasteiger partial charge in [-0.2, -0.15) is 0 Å². The van der Waals surface area contributed by atoms with Crippen molar-refractivity contribution < 1.29 is 4.39 Å². The van der Waals surface area contributed by atoms with E-state index in [9.17, 15) is 4.39 Å². The number of nitrogens with one attached hydrogen (secondary N) is 2. The molecular formula is C27H31FN8. The van der Waals surface area contributed by atoms with Crippen molar-refractivity contribution in [2.75, 3.05) is 29.9 Å². The number of benzene rings is 1. The second-order valence-corrected chi connectivity index (χ2v) is 9.88. The van der Waals surface area contributed by atoms with Crippen LogP contribution in [0.4, 0.5) is 21.8 Å². The van der Waals surface area contributed by atoms with Crippen LogP contribution in [-0.2, 0) is 6.42 Å². The van der Waals surface area contributed by atoms with Crippen molar-refractivity contribution in [1.82, 2.24) is 29.8 Å². The number of fused-ring (bicyclic) bond motifs is 3. The van der Waals surface area contributed by atoms with Gasteiger partial charge in [0.05, 0.1) is 29.1 Å². The van der Waals surface area contributed by atoms with Crippen molar-refractivity contribution in [2.45, 2.75) is 52.1 Å². The molecule has 36 heavy (non-hydrogen) atoms. The van der Waals surface area contributed by atoms with Gasteiger partial charge in [0, 0.05) is 43.7 Å². The van der Waals surface area contributed by atoms with E-state index in [4.69, 9.17) is 4.98 Å². The van der Waals surface area contributed by atoms with E-state index in [1.165, 1.54) is 6.20 Å². The highest BCUT2D eigenvalue weighted by Crippen LogP contribution is 2.36. The largest absolute Gasteiger partial charge is 0.367 e. The molecule has 1 aromatic carbocycles. The summed E-state index contributed by atoms with van der Waals surface area (Å²) in [6, 6.07) is 8.81. The zero-order valence-electron chi connectivity index (χ0n) is 20.9. The van der Waals surface area contributed by atoms with Crippen LogP contribution in [0.5, 0.6) is 0 Å². The van der Waals surface area contributed by atoms with Gasteiger partial charge in [-0.25, -0.2) is 24.3 Å². The first-order valence-electron chi connectivity index (χ1n) is 12.8. The molecule has 0 aliphatic carbocycles. The number of rotatable bonds is 5. The topological polar surface area (TPSA) is 83.8 Å². The van der Waals surface area contributed by atoms with Crippen molar-refractivity contribution in [1.29, 1.82) is 0 Å². The van der Waals surface area contributed by atoms with E-state index in [0.717, 1.165) is 72.6 Å². The van der Waals surface area contributed by atoms with Gasteiger partial charge in [-0.1, -0.05) is 6.92 Å². The van der Waals surface area contributed by atoms with Gasteiger partial charge in [0.15, 0.2) is 5.82 Å². The van der Waals surface area contributed by atoms with Crippen LogP contribution < -0.4 is 15.5 Å². The van der Waals surface area contributed by atoms with Crippen molar-refractivity contribution in [3.05, 3.63) is 53.9 Å². The molecular weight excluding hydrogens is 455 g/mol. The predicted octanol–water partition coefficient (Wildman–Crippen LogP) is 4.77. The monoisotopic (exact) mass is 486 g/mol. The summed E-state index contributed by atoms with van der Waals surface area (Å²) in [6.07, 6.45) is 6.21. The first-order valence-corrected chi connectivity index (χ1v) is 12.8. The van der Waals surface area contributed by atoms with Crippen molar-refractivity contribution in [3.8, 4) is 11.3 Å². The second-order valence-electron chi connectivity index (χ2n) is 9.88. The van der Waals surface area contributed by atoms with Crippen molar-refractivity contribution in [3.63, 3.8) is 0 Å². The Morgan fingerprint density at radius 2 is 2.06 bits per heavy atom. The molecule has 8 nitrogen and oxygen atoms in total. The molecule has 1 saturated heterocycles. The Morgan fingerprint density at radius 3 is 2.83 bits per heavy atom. The average Bonchev–Trinajstić information content (AvgIpc) is 3.46. The third-order valence-corrected chi connectivity index (χ3v) is 7.34. The molecule has 4 aromatic rings. The van der Waals surface area contributed by atoms with E-state index in [-0.39, 0.29) is 5.69 Å². The molecule has 3 aromatic heterocycles. The summed E-state index contributed by atoms with van der Waals surface area (Å²) in [5, 5.41) is 6.59. The Labute approximate surface area is 210 Å². The molecule has 2 unspecified atom stereocenters. The summed E-state index contributed by atoms with van der Waals surface area (Å²) >= 11 is 0. The standard InChI is InChI=1S/C27H31FN8/c1-4-19-6-8-24-33-25-16(2)11-18(12-22(25)36(19)24)26-21(28)14-31-27(34-26)32-23-7-5-20(13-30-23)35-10-9-29-17(3)15-35/h5,7,11-14,17,19,29H,4,6,8-10,15H2,1-3H3,(H,30,31,32,34). The number of aromatic nitrogens is 5. The van der Waals surface area contributed by atoms with E-state index in [0.29, 0.717) is 23.8 Å². The first kappa shape index (κ1) is 22.8. The van der Waals surface area contributed by atoms with Gasteiger partial charge in [0.2, 0.25) is 5.95 Å². The molecule has 1 fully saturated rings. The SMILES string of the molecule is CCC1CCc2nc3c(C)cc(-c4nc(Nc5ccc(N6CCNC(C)C6)cn5)ncc4F)cc3n21. The summed E-state index contributed by atoms with van der Waals surface area (Å²) in [7, 11) is 0. The molecule has 9 heteroatoms. The molecule has 0 amide bonds. The fourth-order valence-electron chi connectivity index (χ4n) is 5.50. The van der Waals surface area contributed by atoms with Crippen LogP contribution in [0.15, 0.2) is 36.7 Å². The number of pyridine rings is 1. The lowest BCUT2D eigenvalue weighted by Gasteiger charge is -2.33. The van der Waals surface area contributed by atoms with E-state index in [1.54, 1.807) is 0 Å². The van der Waals surface area contributed by atoms with Crippen LogP contribution in [0.3, 0.4) is 0 Å². The lowest BCUT2D eigenvalue weighted by Crippen LogP contribution is -2.49. The third-order valence-electron chi connectivity index (χ3n) is 7.34. The molecule has 0 saturated carbocycles. The van der Waals surface area contributed by atoms with Gasteiger partial charge in [-0.05, 0) is 56.5 Å². The fourth-order valence-corrected chi connectivity index (χ4v) is 5.50. The number of imidazole rings is 1. The van der Waals surface area contributed by atoms with Crippen LogP contribution >= 0.6 is 0 Å². The molecule has 0 radical (unpaired) electrons.